The van der Waals surface area contributed by atoms with Crippen molar-refractivity contribution in [2.75, 3.05) is 12.3 Å². The quantitative estimate of drug-likeness (QED) is 0.0459. The van der Waals surface area contributed by atoms with E-state index in [1.807, 2.05) is 37.3 Å². The number of carbonyl (C=O) groups excluding carboxylic acids is 2. The summed E-state index contributed by atoms with van der Waals surface area (Å²) in [7, 11) is 0. The van der Waals surface area contributed by atoms with Gasteiger partial charge in [0.1, 0.15) is 12.6 Å². The van der Waals surface area contributed by atoms with Gasteiger partial charge in [-0.05, 0) is 38.2 Å². The molecular formula is C32H44N2O10S. The van der Waals surface area contributed by atoms with E-state index in [0.717, 1.165) is 18.2 Å². The zero-order valence-corrected chi connectivity index (χ0v) is 26.2. The van der Waals surface area contributed by atoms with Crippen LogP contribution in [0.1, 0.15) is 58.3 Å². The van der Waals surface area contributed by atoms with Crippen LogP contribution in [0.2, 0.25) is 0 Å². The molecular weight excluding hydrogens is 604 g/mol. The normalized spacial score (nSPS) is 13.7. The molecule has 2 amide bonds. The number of amides is 2. The van der Waals surface area contributed by atoms with Crippen LogP contribution in [0, 0.1) is 0 Å². The summed E-state index contributed by atoms with van der Waals surface area (Å²) in [6.07, 6.45) is 19.2. The number of rotatable bonds is 24. The number of aliphatic carboxylic acids is 3. The van der Waals surface area contributed by atoms with Gasteiger partial charge in [-0.2, -0.15) is 0 Å². The Balaban J connectivity index is 5.42. The molecule has 0 radical (unpaired) electrons. The molecule has 0 bridgehead atoms. The summed E-state index contributed by atoms with van der Waals surface area (Å²) < 4.78 is 0. The van der Waals surface area contributed by atoms with Crippen molar-refractivity contribution >= 4 is 41.5 Å². The van der Waals surface area contributed by atoms with Crippen molar-refractivity contribution in [3.63, 3.8) is 0 Å². The lowest BCUT2D eigenvalue weighted by atomic mass is 10.2. The summed E-state index contributed by atoms with van der Waals surface area (Å²) >= 11 is 0.935. The number of carbonyl (C=O) groups is 5. The van der Waals surface area contributed by atoms with Crippen molar-refractivity contribution in [1.29, 1.82) is 0 Å². The third kappa shape index (κ3) is 24.9. The maximum atomic E-state index is 12.6. The van der Waals surface area contributed by atoms with Gasteiger partial charge in [0.2, 0.25) is 11.8 Å². The first kappa shape index (κ1) is 40.8. The van der Waals surface area contributed by atoms with Crippen molar-refractivity contribution in [1.82, 2.24) is 10.6 Å². The summed E-state index contributed by atoms with van der Waals surface area (Å²) in [5.74, 6) is -5.05. The lowest BCUT2D eigenvalue weighted by molar-refractivity contribution is -0.138. The fourth-order valence-electron chi connectivity index (χ4n) is 3.25. The Morgan fingerprint density at radius 1 is 0.822 bits per heavy atom. The molecule has 0 rings (SSSR count). The first-order valence-corrected chi connectivity index (χ1v) is 15.4. The van der Waals surface area contributed by atoms with Gasteiger partial charge in [0.05, 0.1) is 17.1 Å². The number of carboxylic acids is 3. The zero-order valence-electron chi connectivity index (χ0n) is 25.3. The molecule has 0 heterocycles. The SMILES string of the molecule is CC/C=C\C[C@H](O)/C=C/C=C\C/C=C\C=C\C=C=C(SC[C@H](NC(=O)CCCC(=O)O)C(=O)NCC(=O)O)[C@@H](O)CCC(=O)O. The Morgan fingerprint density at radius 3 is 2.16 bits per heavy atom. The summed E-state index contributed by atoms with van der Waals surface area (Å²) in [5.41, 5.74) is 2.87. The Kier molecular flexibility index (Phi) is 23.8. The minimum absolute atomic E-state index is 0.0367. The lowest BCUT2D eigenvalue weighted by Crippen LogP contribution is -2.49. The summed E-state index contributed by atoms with van der Waals surface area (Å²) in [5, 5.41) is 51.6. The summed E-state index contributed by atoms with van der Waals surface area (Å²) in [6.45, 7) is 1.34. The van der Waals surface area contributed by atoms with E-state index in [1.165, 1.54) is 6.08 Å². The average molecular weight is 649 g/mol. The van der Waals surface area contributed by atoms with Crippen LogP contribution in [0.5, 0.6) is 0 Å². The largest absolute Gasteiger partial charge is 0.481 e. The van der Waals surface area contributed by atoms with E-state index in [4.69, 9.17) is 15.3 Å². The topological polar surface area (TPSA) is 211 Å². The third-order valence-corrected chi connectivity index (χ3v) is 6.71. The number of hydrogen-bond acceptors (Lipinski definition) is 8. The molecule has 13 heteroatoms. The molecule has 0 fully saturated rings. The lowest BCUT2D eigenvalue weighted by Gasteiger charge is -2.19. The van der Waals surface area contributed by atoms with Crippen molar-refractivity contribution in [2.24, 2.45) is 0 Å². The van der Waals surface area contributed by atoms with Crippen LogP contribution < -0.4 is 10.6 Å². The number of carboxylic acid groups (broad SMARTS) is 3. The number of nitrogens with one attached hydrogen (secondary N) is 2. The number of hydrogen-bond donors (Lipinski definition) is 7. The predicted molar refractivity (Wildman–Crippen MR) is 172 cm³/mol. The van der Waals surface area contributed by atoms with Crippen LogP contribution in [0.4, 0.5) is 0 Å². The average Bonchev–Trinajstić information content (AvgIpc) is 2.97. The molecule has 12 nitrogen and oxygen atoms in total. The van der Waals surface area contributed by atoms with E-state index in [9.17, 15) is 34.2 Å². The highest BCUT2D eigenvalue weighted by Gasteiger charge is 2.23. The van der Waals surface area contributed by atoms with E-state index in [1.54, 1.807) is 30.4 Å². The van der Waals surface area contributed by atoms with Crippen molar-refractivity contribution in [2.45, 2.75) is 76.5 Å². The van der Waals surface area contributed by atoms with Gasteiger partial charge in [-0.1, -0.05) is 67.7 Å². The molecule has 0 aliphatic rings. The van der Waals surface area contributed by atoms with E-state index in [-0.39, 0.29) is 42.8 Å². The molecule has 45 heavy (non-hydrogen) atoms. The first-order chi connectivity index (χ1) is 21.5. The molecule has 0 saturated carbocycles. The smallest absolute Gasteiger partial charge is 0.322 e. The van der Waals surface area contributed by atoms with Crippen LogP contribution in [0.25, 0.3) is 0 Å². The van der Waals surface area contributed by atoms with Crippen LogP contribution in [-0.2, 0) is 24.0 Å². The van der Waals surface area contributed by atoms with E-state index in [2.05, 4.69) is 16.4 Å². The minimum atomic E-state index is -1.30. The second-order valence-electron chi connectivity index (χ2n) is 9.46. The van der Waals surface area contributed by atoms with Crippen molar-refractivity contribution < 1.29 is 49.5 Å². The zero-order chi connectivity index (χ0) is 33.9. The van der Waals surface area contributed by atoms with Gasteiger partial charge < -0.3 is 36.2 Å². The predicted octanol–water partition coefficient (Wildman–Crippen LogP) is 3.26. The second kappa shape index (κ2) is 26.3. The van der Waals surface area contributed by atoms with Crippen LogP contribution in [-0.4, -0.2) is 85.8 Å². The van der Waals surface area contributed by atoms with Gasteiger partial charge in [0.25, 0.3) is 0 Å². The van der Waals surface area contributed by atoms with Gasteiger partial charge in [-0.25, -0.2) is 0 Å². The maximum absolute atomic E-state index is 12.6. The molecule has 0 aliphatic heterocycles. The van der Waals surface area contributed by atoms with Gasteiger partial charge in [-0.15, -0.1) is 17.5 Å². The Hall–Kier alpha value is -4.16. The van der Waals surface area contributed by atoms with E-state index >= 15 is 0 Å². The number of aliphatic hydroxyl groups is 2. The van der Waals surface area contributed by atoms with Crippen LogP contribution >= 0.6 is 11.8 Å². The molecule has 0 aromatic rings. The Labute approximate surface area is 267 Å². The molecule has 0 aromatic carbocycles. The highest BCUT2D eigenvalue weighted by Crippen LogP contribution is 2.23. The van der Waals surface area contributed by atoms with Gasteiger partial charge in [0, 0.05) is 25.0 Å². The number of allylic oxidation sites excluding steroid dienone is 8. The van der Waals surface area contributed by atoms with Gasteiger partial charge in [0.15, 0.2) is 0 Å². The molecule has 248 valence electrons. The molecule has 3 atom stereocenters. The highest BCUT2D eigenvalue weighted by atomic mass is 32.2. The molecule has 7 N–H and O–H groups in total. The molecule has 0 aromatic heterocycles. The van der Waals surface area contributed by atoms with E-state index in [0.29, 0.717) is 12.8 Å². The number of thioether (sulfide) groups is 1. The Morgan fingerprint density at radius 2 is 1.51 bits per heavy atom. The minimum Gasteiger partial charge on any atom is -0.481 e. The fourth-order valence-corrected chi connectivity index (χ4v) is 4.29. The second-order valence-corrected chi connectivity index (χ2v) is 10.5. The van der Waals surface area contributed by atoms with Crippen molar-refractivity contribution in [3.05, 3.63) is 77.5 Å². The molecule has 0 saturated heterocycles. The van der Waals surface area contributed by atoms with Crippen LogP contribution in [0.3, 0.4) is 0 Å². The summed E-state index contributed by atoms with van der Waals surface area (Å²) in [6, 6.07) is -1.22. The number of aliphatic hydroxyl groups excluding tert-OH is 2. The molecule has 0 aliphatic carbocycles. The fraction of sp³-hybridized carbons (Fsp3) is 0.438. The van der Waals surface area contributed by atoms with E-state index < -0.39 is 54.5 Å². The maximum Gasteiger partial charge on any atom is 0.322 e. The molecule has 0 unspecified atom stereocenters. The van der Waals surface area contributed by atoms with Crippen LogP contribution in [0.15, 0.2) is 77.5 Å². The van der Waals surface area contributed by atoms with Gasteiger partial charge >= 0.3 is 17.9 Å². The summed E-state index contributed by atoms with van der Waals surface area (Å²) in [4.78, 5) is 57.6. The molecule has 0 spiro atoms. The third-order valence-electron chi connectivity index (χ3n) is 5.51. The van der Waals surface area contributed by atoms with Crippen molar-refractivity contribution in [3.8, 4) is 0 Å². The van der Waals surface area contributed by atoms with Gasteiger partial charge in [-0.3, -0.25) is 24.0 Å². The highest BCUT2D eigenvalue weighted by molar-refractivity contribution is 8.03. The first-order valence-electron chi connectivity index (χ1n) is 14.4. The monoisotopic (exact) mass is 648 g/mol. The standard InChI is InChI=1S/C32H44N2O10S/c1-2-3-11-15-24(35)16-12-9-7-5-4-6-8-10-13-17-27(26(36)20-21-30(40)41)45-23-25(32(44)33-22-31(42)43)34-28(37)18-14-19-29(38)39/h3-4,6-13,16,24-26,35-36H,2,5,14-15,18-23H2,1H3,(H,33,44)(H,34,37)(H,38,39)(H,40,41)(H,42,43)/b6-4-,9-7-,10-8+,11-3-,16-12+/t17?,24-,25-,26-/m0/s1. The Bertz CT molecular complexity index is 1170.